The number of benzene rings is 7. The Morgan fingerprint density at radius 1 is 0.451 bits per heavy atom. The summed E-state index contributed by atoms with van der Waals surface area (Å²) in [6.45, 7) is 0. The molecule has 0 amide bonds. The van der Waals surface area contributed by atoms with E-state index in [-0.39, 0.29) is 17.3 Å². The minimum absolute atomic E-state index is 0.0286. The summed E-state index contributed by atoms with van der Waals surface area (Å²) in [6, 6.07) is 42.1. The number of hydrogen-bond acceptors (Lipinski definition) is 4. The van der Waals surface area contributed by atoms with Crippen molar-refractivity contribution in [3.63, 3.8) is 0 Å². The smallest absolute Gasteiger partial charge is 0.238 e. The molecule has 0 N–H and O–H groups in total. The van der Waals surface area contributed by atoms with E-state index >= 15 is 0 Å². The molecular weight excluding hydrogens is 627 g/mol. The monoisotopic (exact) mass is 658 g/mol. The van der Waals surface area contributed by atoms with Gasteiger partial charge in [0.25, 0.3) is 0 Å². The summed E-state index contributed by atoms with van der Waals surface area (Å²) in [4.78, 5) is 14.9. The van der Waals surface area contributed by atoms with Crippen LogP contribution in [0.3, 0.4) is 0 Å². The quantitative estimate of drug-likeness (QED) is 0.189. The molecule has 0 spiro atoms. The predicted octanol–water partition coefficient (Wildman–Crippen LogP) is 11.3. The van der Waals surface area contributed by atoms with Crippen LogP contribution in [0.2, 0.25) is 0 Å². The molecule has 0 unspecified atom stereocenters. The second-order valence-corrected chi connectivity index (χ2v) is 12.5. The molecule has 0 aliphatic carbocycles. The zero-order valence-electron chi connectivity index (χ0n) is 31.8. The standard InChI is InChI=1S/C45H27N5O/c1-3-14-28(15-4-1)43-46-44(29-16-5-2-6-17-29)48-45(47-43)50-36-22-11-8-19-31(36)33-27-26-32-30-18-7-10-21-35(30)49(41(32)42(33)50)37-23-13-25-39-40(37)34-20-9-12-24-38(34)51-39/h1-27H/i1D,3D,4D,14D,15D. The molecule has 7 aromatic carbocycles. The summed E-state index contributed by atoms with van der Waals surface area (Å²) in [6.07, 6.45) is 0. The number of fused-ring (bicyclic) bond motifs is 10. The van der Waals surface area contributed by atoms with Crippen molar-refractivity contribution in [2.45, 2.75) is 0 Å². The topological polar surface area (TPSA) is 61.7 Å². The van der Waals surface area contributed by atoms with Crippen LogP contribution in [0.4, 0.5) is 0 Å². The third-order valence-electron chi connectivity index (χ3n) is 9.67. The Bertz CT molecular complexity index is 3410. The fourth-order valence-corrected chi connectivity index (χ4v) is 7.56. The zero-order valence-corrected chi connectivity index (χ0v) is 26.8. The summed E-state index contributed by atoms with van der Waals surface area (Å²) in [5.41, 5.74) is 6.69. The highest BCUT2D eigenvalue weighted by molar-refractivity contribution is 6.24. The van der Waals surface area contributed by atoms with E-state index in [0.29, 0.717) is 11.4 Å². The molecule has 0 radical (unpaired) electrons. The van der Waals surface area contributed by atoms with Crippen molar-refractivity contribution < 1.29 is 11.3 Å². The highest BCUT2D eigenvalue weighted by Crippen LogP contribution is 2.43. The molecule has 0 bridgehead atoms. The third kappa shape index (κ3) is 4.07. The minimum atomic E-state index is -0.487. The molecule has 4 aromatic heterocycles. The van der Waals surface area contributed by atoms with E-state index in [2.05, 4.69) is 47.0 Å². The maximum absolute atomic E-state index is 8.87. The summed E-state index contributed by atoms with van der Waals surface area (Å²) in [5.74, 6) is 0.507. The Morgan fingerprint density at radius 2 is 1.04 bits per heavy atom. The van der Waals surface area contributed by atoms with E-state index in [1.165, 1.54) is 0 Å². The van der Waals surface area contributed by atoms with Crippen LogP contribution < -0.4 is 0 Å². The van der Waals surface area contributed by atoms with Gasteiger partial charge in [-0.1, -0.05) is 133 Å². The van der Waals surface area contributed by atoms with Crippen LogP contribution in [-0.2, 0) is 0 Å². The van der Waals surface area contributed by atoms with E-state index in [9.17, 15) is 0 Å². The SMILES string of the molecule is [2H]c1c([2H])c([2H])c(-c2nc(-c3ccccc3)nc(-n3c4ccccc4c4ccc5c6ccccc6n(-c6cccc7oc8ccccc8c67)c5c43)n2)c([2H])c1[2H]. The molecule has 0 saturated heterocycles. The Morgan fingerprint density at radius 3 is 1.78 bits per heavy atom. The lowest BCUT2D eigenvalue weighted by atomic mass is 10.1. The van der Waals surface area contributed by atoms with Crippen LogP contribution in [0.25, 0.3) is 100.0 Å². The van der Waals surface area contributed by atoms with Gasteiger partial charge in [0.05, 0.1) is 40.0 Å². The molecule has 0 aliphatic rings. The van der Waals surface area contributed by atoms with Crippen LogP contribution in [0, 0.1) is 0 Å². The number of para-hydroxylation sites is 3. The Balaban J connectivity index is 1.33. The van der Waals surface area contributed by atoms with Gasteiger partial charge in [0.2, 0.25) is 5.95 Å². The van der Waals surface area contributed by atoms with Gasteiger partial charge >= 0.3 is 0 Å². The summed E-state index contributed by atoms with van der Waals surface area (Å²) < 4.78 is 53.6. The molecule has 11 rings (SSSR count). The van der Waals surface area contributed by atoms with Crippen LogP contribution in [0.5, 0.6) is 0 Å². The maximum Gasteiger partial charge on any atom is 0.238 e. The second kappa shape index (κ2) is 10.7. The predicted molar refractivity (Wildman–Crippen MR) is 207 cm³/mol. The maximum atomic E-state index is 8.87. The summed E-state index contributed by atoms with van der Waals surface area (Å²) in [7, 11) is 0. The lowest BCUT2D eigenvalue weighted by Gasteiger charge is -2.14. The lowest BCUT2D eigenvalue weighted by Crippen LogP contribution is -2.07. The number of aromatic nitrogens is 5. The van der Waals surface area contributed by atoms with E-state index in [1.54, 1.807) is 0 Å². The number of rotatable bonds is 4. The van der Waals surface area contributed by atoms with Gasteiger partial charge in [-0.2, -0.15) is 9.97 Å². The molecule has 0 saturated carbocycles. The number of nitrogens with zero attached hydrogens (tertiary/aromatic N) is 5. The van der Waals surface area contributed by atoms with Crippen molar-refractivity contribution >= 4 is 65.6 Å². The first-order valence-electron chi connectivity index (χ1n) is 19.1. The van der Waals surface area contributed by atoms with E-state index in [1.807, 2.05) is 95.6 Å². The zero-order chi connectivity index (χ0) is 37.8. The van der Waals surface area contributed by atoms with Gasteiger partial charge in [0.15, 0.2) is 11.6 Å². The molecule has 11 aromatic rings. The van der Waals surface area contributed by atoms with Gasteiger partial charge in [-0.05, 0) is 30.3 Å². The molecule has 4 heterocycles. The number of furan rings is 1. The Hall–Kier alpha value is -7.05. The van der Waals surface area contributed by atoms with Crippen molar-refractivity contribution in [1.29, 1.82) is 0 Å². The van der Waals surface area contributed by atoms with Crippen molar-refractivity contribution in [3.8, 4) is 34.4 Å². The molecule has 0 fully saturated rings. The molecular formula is C45H27N5O. The third-order valence-corrected chi connectivity index (χ3v) is 9.67. The van der Waals surface area contributed by atoms with Crippen molar-refractivity contribution in [3.05, 3.63) is 164 Å². The van der Waals surface area contributed by atoms with Crippen LogP contribution >= 0.6 is 0 Å². The lowest BCUT2D eigenvalue weighted by molar-refractivity contribution is 0.669. The molecule has 238 valence electrons. The minimum Gasteiger partial charge on any atom is -0.456 e. The van der Waals surface area contributed by atoms with Crippen molar-refractivity contribution in [2.24, 2.45) is 0 Å². The van der Waals surface area contributed by atoms with Gasteiger partial charge in [-0.25, -0.2) is 4.98 Å². The van der Waals surface area contributed by atoms with E-state index in [0.717, 1.165) is 71.2 Å². The van der Waals surface area contributed by atoms with E-state index < -0.39 is 30.2 Å². The average Bonchev–Trinajstić information content (AvgIpc) is 3.90. The number of hydrogen-bond donors (Lipinski definition) is 0. The van der Waals surface area contributed by atoms with Crippen molar-refractivity contribution in [1.82, 2.24) is 24.1 Å². The Labute approximate surface area is 298 Å². The van der Waals surface area contributed by atoms with Crippen LogP contribution in [0.1, 0.15) is 6.85 Å². The van der Waals surface area contributed by atoms with Gasteiger partial charge in [-0.3, -0.25) is 4.57 Å². The fraction of sp³-hybridized carbons (Fsp3) is 0. The fourth-order valence-electron chi connectivity index (χ4n) is 7.56. The normalized spacial score (nSPS) is 13.3. The first-order chi connectivity index (χ1) is 27.4. The van der Waals surface area contributed by atoms with Gasteiger partial charge in [-0.15, -0.1) is 0 Å². The van der Waals surface area contributed by atoms with Gasteiger partial charge < -0.3 is 8.98 Å². The molecule has 0 aliphatic heterocycles. The summed E-state index contributed by atoms with van der Waals surface area (Å²) in [5, 5.41) is 6.01. The molecule has 6 heteroatoms. The Kier molecular flexibility index (Phi) is 4.91. The average molecular weight is 659 g/mol. The molecule has 6 nitrogen and oxygen atoms in total. The van der Waals surface area contributed by atoms with Crippen molar-refractivity contribution in [2.75, 3.05) is 0 Å². The largest absolute Gasteiger partial charge is 0.456 e. The van der Waals surface area contributed by atoms with Gasteiger partial charge in [0, 0.05) is 38.1 Å². The highest BCUT2D eigenvalue weighted by atomic mass is 16.3. The van der Waals surface area contributed by atoms with Crippen LogP contribution in [0.15, 0.2) is 168 Å². The molecule has 0 atom stereocenters. The van der Waals surface area contributed by atoms with Crippen LogP contribution in [-0.4, -0.2) is 24.1 Å². The first kappa shape index (κ1) is 23.3. The first-order valence-corrected chi connectivity index (χ1v) is 16.6. The van der Waals surface area contributed by atoms with E-state index in [4.69, 9.17) is 26.2 Å². The second-order valence-electron chi connectivity index (χ2n) is 12.5. The molecule has 51 heavy (non-hydrogen) atoms. The van der Waals surface area contributed by atoms with Gasteiger partial charge in [0.1, 0.15) is 11.2 Å². The summed E-state index contributed by atoms with van der Waals surface area (Å²) >= 11 is 0. The highest BCUT2D eigenvalue weighted by Gasteiger charge is 2.24.